The molecule has 10 rings (SSSR count). The lowest BCUT2D eigenvalue weighted by Gasteiger charge is -2.38. The van der Waals surface area contributed by atoms with E-state index in [4.69, 9.17) is 24.2 Å². The highest BCUT2D eigenvalue weighted by atomic mass is 19.1. The Kier molecular flexibility index (Phi) is 12.5. The van der Waals surface area contributed by atoms with Gasteiger partial charge in [0.05, 0.1) is 5.39 Å². The van der Waals surface area contributed by atoms with Gasteiger partial charge in [-0.05, 0) is 105 Å². The third-order valence-corrected chi connectivity index (χ3v) is 15.0. The second-order valence-corrected chi connectivity index (χ2v) is 19.7. The molecule has 0 aliphatic carbocycles. The number of hydrogen-bond acceptors (Lipinski definition) is 13. The molecule has 0 radical (unpaired) electrons. The molecule has 2 aromatic carbocycles. The predicted octanol–water partition coefficient (Wildman–Crippen LogP) is 6.84. The van der Waals surface area contributed by atoms with Crippen LogP contribution in [0.4, 0.5) is 16.0 Å². The van der Waals surface area contributed by atoms with Gasteiger partial charge in [0.2, 0.25) is 5.91 Å². The van der Waals surface area contributed by atoms with Gasteiger partial charge < -0.3 is 34.4 Å². The number of piperazine rings is 2. The van der Waals surface area contributed by atoms with Crippen molar-refractivity contribution in [2.45, 2.75) is 96.7 Å². The maximum Gasteiger partial charge on any atom is 0.319 e. The number of aromatic nitrogens is 4. The molecule has 346 valence electrons. The summed E-state index contributed by atoms with van der Waals surface area (Å²) in [5.74, 6) is 2.30. The summed E-state index contributed by atoms with van der Waals surface area (Å²) in [5.41, 5.74) is 1.93. The SMILES string of the molecule is CCc1cccc2cc(O)cc(-c3ncc4c(N5CC6CCC(C5)N6)nc(OCCN5CCC(CN6CCN(c7cc(C(C(=O)N8CCCC8C)C(C)C)on7)CC6)CC5)nc4c3F)c12. The van der Waals surface area contributed by atoms with Gasteiger partial charge >= 0.3 is 6.01 Å². The maximum atomic E-state index is 17.0. The number of anilines is 2. The smallest absolute Gasteiger partial charge is 0.319 e. The highest BCUT2D eigenvalue weighted by Crippen LogP contribution is 2.39. The van der Waals surface area contributed by atoms with Crippen LogP contribution in [0.5, 0.6) is 11.8 Å². The number of likely N-dealkylation sites (tertiary alicyclic amines) is 2. The molecule has 0 spiro atoms. The first kappa shape index (κ1) is 43.8. The van der Waals surface area contributed by atoms with E-state index in [9.17, 15) is 9.90 Å². The maximum absolute atomic E-state index is 17.0. The van der Waals surface area contributed by atoms with Gasteiger partial charge in [-0.2, -0.15) is 9.97 Å². The fourth-order valence-corrected chi connectivity index (χ4v) is 11.4. The zero-order valence-corrected chi connectivity index (χ0v) is 38.5. The fourth-order valence-electron chi connectivity index (χ4n) is 11.4. The molecule has 15 heteroatoms. The van der Waals surface area contributed by atoms with Crippen LogP contribution in [0.1, 0.15) is 83.5 Å². The average molecular weight is 889 g/mol. The van der Waals surface area contributed by atoms with Crippen LogP contribution >= 0.6 is 0 Å². The van der Waals surface area contributed by atoms with Gasteiger partial charge in [-0.15, -0.1) is 0 Å². The number of aryl methyl sites for hydroxylation is 1. The summed E-state index contributed by atoms with van der Waals surface area (Å²) >= 11 is 0. The van der Waals surface area contributed by atoms with E-state index in [1.165, 1.54) is 0 Å². The highest BCUT2D eigenvalue weighted by Gasteiger charge is 2.37. The molecular weight excluding hydrogens is 824 g/mol. The second-order valence-electron chi connectivity index (χ2n) is 19.7. The summed E-state index contributed by atoms with van der Waals surface area (Å²) in [6.45, 7) is 18.7. The van der Waals surface area contributed by atoms with Crippen molar-refractivity contribution in [1.82, 2.24) is 40.1 Å². The van der Waals surface area contributed by atoms with Crippen LogP contribution in [0.25, 0.3) is 32.9 Å². The first-order chi connectivity index (χ1) is 31.6. The molecule has 65 heavy (non-hydrogen) atoms. The van der Waals surface area contributed by atoms with Crippen LogP contribution in [0.2, 0.25) is 0 Å². The number of phenolic OH excluding ortho intramolecular Hbond substituents is 1. The van der Waals surface area contributed by atoms with E-state index in [0.717, 1.165) is 139 Å². The number of nitrogens with one attached hydrogen (secondary N) is 1. The topological polar surface area (TPSA) is 139 Å². The number of carbonyl (C=O) groups excluding carboxylic acids is 1. The van der Waals surface area contributed by atoms with Crippen LogP contribution in [-0.2, 0) is 11.2 Å². The van der Waals surface area contributed by atoms with E-state index in [1.807, 2.05) is 29.2 Å². The number of amides is 1. The molecule has 5 aliphatic heterocycles. The standard InChI is InChI=1S/C50H65FN10O4/c1-5-34-9-6-10-35-24-38(62)25-39(44(34)35)46-45(51)47-40(27-52-46)48(60-29-36-11-12-37(30-60)53-36)55-50(54-47)64-23-22-57-16-13-33(14-17-57)28-58-18-20-59(21-19-58)42-26-41(65-56-42)43(31(2)3)49(63)61-15-7-8-32(61)4/h6,9-10,24-27,31-33,36-37,43,53,62H,5,7-8,11-23,28-30H2,1-4H3. The number of aromatic hydroxyl groups is 1. The predicted molar refractivity (Wildman–Crippen MR) is 251 cm³/mol. The van der Waals surface area contributed by atoms with Crippen molar-refractivity contribution < 1.29 is 23.6 Å². The van der Waals surface area contributed by atoms with Crippen LogP contribution in [0, 0.1) is 17.7 Å². The number of benzene rings is 2. The van der Waals surface area contributed by atoms with Crippen LogP contribution in [0.3, 0.4) is 0 Å². The van der Waals surface area contributed by atoms with Crippen LogP contribution in [-0.4, -0.2) is 143 Å². The number of rotatable bonds is 13. The Morgan fingerprint density at radius 2 is 1.74 bits per heavy atom. The molecule has 1 amide bonds. The van der Waals surface area contributed by atoms with Gasteiger partial charge in [0.25, 0.3) is 0 Å². The Morgan fingerprint density at radius 1 is 0.954 bits per heavy atom. The van der Waals surface area contributed by atoms with E-state index in [1.54, 1.807) is 18.3 Å². The van der Waals surface area contributed by atoms with Crippen molar-refractivity contribution in [1.29, 1.82) is 0 Å². The Bertz CT molecular complexity index is 2490. The molecule has 3 aromatic heterocycles. The fraction of sp³-hybridized carbons (Fsp3) is 0.580. The Labute approximate surface area is 381 Å². The van der Waals surface area contributed by atoms with Gasteiger partial charge in [-0.25, -0.2) is 4.39 Å². The number of carbonyl (C=O) groups is 1. The minimum absolute atomic E-state index is 0.0595. The molecule has 14 nitrogen and oxygen atoms in total. The van der Waals surface area contributed by atoms with Gasteiger partial charge in [0.1, 0.15) is 35.3 Å². The summed E-state index contributed by atoms with van der Waals surface area (Å²) in [7, 11) is 0. The Hall–Kier alpha value is -5.12. The van der Waals surface area contributed by atoms with Crippen molar-refractivity contribution in [2.24, 2.45) is 11.8 Å². The van der Waals surface area contributed by atoms with Crippen LogP contribution in [0.15, 0.2) is 47.1 Å². The third-order valence-electron chi connectivity index (χ3n) is 15.0. The van der Waals surface area contributed by atoms with Crippen molar-refractivity contribution in [3.05, 3.63) is 59.7 Å². The molecule has 5 aromatic rings. The normalized spacial score (nSPS) is 22.8. The van der Waals surface area contributed by atoms with E-state index < -0.39 is 5.82 Å². The molecule has 8 heterocycles. The molecule has 2 N–H and O–H groups in total. The molecule has 5 saturated heterocycles. The number of nitrogens with zero attached hydrogens (tertiary/aromatic N) is 9. The molecule has 0 saturated carbocycles. The van der Waals surface area contributed by atoms with E-state index in [-0.39, 0.29) is 46.8 Å². The first-order valence-corrected chi connectivity index (χ1v) is 24.3. The lowest BCUT2D eigenvalue weighted by atomic mass is 9.91. The van der Waals surface area contributed by atoms with Crippen LogP contribution < -0.4 is 19.9 Å². The Balaban J connectivity index is 0.761. The summed E-state index contributed by atoms with van der Waals surface area (Å²) in [5, 5.41) is 21.2. The lowest BCUT2D eigenvalue weighted by Crippen LogP contribution is -2.51. The molecule has 4 atom stereocenters. The van der Waals surface area contributed by atoms with E-state index in [0.29, 0.717) is 47.1 Å². The first-order valence-electron chi connectivity index (χ1n) is 24.3. The zero-order valence-electron chi connectivity index (χ0n) is 38.5. The average Bonchev–Trinajstić information content (AvgIpc) is 4.06. The molecule has 4 unspecified atom stereocenters. The quantitative estimate of drug-likeness (QED) is 0.128. The summed E-state index contributed by atoms with van der Waals surface area (Å²) in [4.78, 5) is 39.6. The summed E-state index contributed by atoms with van der Waals surface area (Å²) < 4.78 is 29.2. The van der Waals surface area contributed by atoms with Crippen molar-refractivity contribution in [3.8, 4) is 23.0 Å². The number of fused-ring (bicyclic) bond motifs is 4. The van der Waals surface area contributed by atoms with Crippen molar-refractivity contribution in [3.63, 3.8) is 0 Å². The minimum Gasteiger partial charge on any atom is -0.508 e. The number of piperidine rings is 1. The molecule has 2 bridgehead atoms. The van der Waals surface area contributed by atoms with Crippen molar-refractivity contribution >= 4 is 39.2 Å². The van der Waals surface area contributed by atoms with Gasteiger partial charge in [-0.3, -0.25) is 19.6 Å². The number of ether oxygens (including phenoxy) is 1. The number of phenols is 1. The highest BCUT2D eigenvalue weighted by molar-refractivity contribution is 6.01. The molecule has 5 aliphatic rings. The Morgan fingerprint density at radius 3 is 2.46 bits per heavy atom. The van der Waals surface area contributed by atoms with Crippen molar-refractivity contribution in [2.75, 3.05) is 88.4 Å². The number of hydrogen-bond donors (Lipinski definition) is 2. The third kappa shape index (κ3) is 8.95. The van der Waals surface area contributed by atoms with E-state index in [2.05, 4.69) is 57.8 Å². The second kappa shape index (κ2) is 18.6. The molecular formula is C50H65FN10O4. The molecule has 5 fully saturated rings. The van der Waals surface area contributed by atoms with Gasteiger partial charge in [-0.1, -0.05) is 44.1 Å². The largest absolute Gasteiger partial charge is 0.508 e. The van der Waals surface area contributed by atoms with Gasteiger partial charge in [0, 0.05) is 94.9 Å². The minimum atomic E-state index is -0.543. The van der Waals surface area contributed by atoms with Gasteiger partial charge in [0.15, 0.2) is 17.4 Å². The zero-order chi connectivity index (χ0) is 44.8. The summed E-state index contributed by atoms with van der Waals surface area (Å²) in [6, 6.07) is 12.4. The summed E-state index contributed by atoms with van der Waals surface area (Å²) in [6.07, 6.45) is 9.03. The number of halogens is 1. The number of pyridine rings is 1. The monoisotopic (exact) mass is 889 g/mol. The van der Waals surface area contributed by atoms with E-state index >= 15 is 4.39 Å². The lowest BCUT2D eigenvalue weighted by molar-refractivity contribution is -0.134.